The molecule has 0 saturated heterocycles. The molecule has 5 rings (SSSR count). The van der Waals surface area contributed by atoms with Crippen molar-refractivity contribution in [2.45, 2.75) is 58.1 Å². The molecule has 0 unspecified atom stereocenters. The first-order valence-electron chi connectivity index (χ1n) is 13.7. The molecule has 2 aromatic carbocycles. The van der Waals surface area contributed by atoms with E-state index in [0.29, 0.717) is 30.6 Å². The number of benzene rings is 2. The summed E-state index contributed by atoms with van der Waals surface area (Å²) in [6, 6.07) is 11.6. The molecule has 1 aliphatic carbocycles. The molecular formula is C30H36ClN2O4S-. The van der Waals surface area contributed by atoms with Crippen molar-refractivity contribution in [1.82, 2.24) is 0 Å². The van der Waals surface area contributed by atoms with E-state index in [9.17, 15) is 14.1 Å². The lowest BCUT2D eigenvalue weighted by Gasteiger charge is -2.41. The maximum absolute atomic E-state index is 13.1. The summed E-state index contributed by atoms with van der Waals surface area (Å²) in [5.41, 5.74) is 3.74. The molecule has 1 N–H and O–H groups in total. The molecule has 0 spiro atoms. The van der Waals surface area contributed by atoms with Crippen molar-refractivity contribution in [3.63, 3.8) is 0 Å². The van der Waals surface area contributed by atoms with E-state index in [-0.39, 0.29) is 11.7 Å². The second kappa shape index (κ2) is 12.2. The molecule has 204 valence electrons. The maximum atomic E-state index is 13.1. The summed E-state index contributed by atoms with van der Waals surface area (Å²) in [5.74, 6) is 1.13. The number of rotatable bonds is 0. The van der Waals surface area contributed by atoms with Crippen LogP contribution in [0.5, 0.6) is 5.75 Å². The molecule has 1 amide bonds. The summed E-state index contributed by atoms with van der Waals surface area (Å²) < 4.78 is 22.9. The van der Waals surface area contributed by atoms with E-state index in [1.807, 2.05) is 31.2 Å². The van der Waals surface area contributed by atoms with E-state index in [2.05, 4.69) is 27.5 Å². The number of amides is 1. The molecule has 3 aliphatic rings. The second-order valence-electron chi connectivity index (χ2n) is 10.9. The Bertz CT molecular complexity index is 1290. The predicted octanol–water partition coefficient (Wildman–Crippen LogP) is 6.33. The molecule has 4 atom stereocenters. The van der Waals surface area contributed by atoms with Gasteiger partial charge in [0.05, 0.1) is 18.4 Å². The number of carbonyl (C=O) groups excluding carboxylic acids is 1. The number of ether oxygens (including phenoxy) is 1. The summed E-state index contributed by atoms with van der Waals surface area (Å²) in [6.45, 7) is 3.94. The summed E-state index contributed by atoms with van der Waals surface area (Å²) >= 11 is 6.37. The van der Waals surface area contributed by atoms with Crippen molar-refractivity contribution in [2.24, 2.45) is 22.1 Å². The number of carbonyl (C=O) groups is 1. The third-order valence-electron chi connectivity index (χ3n) is 8.15. The number of allylic oxidation sites excluding steroid dienone is 1. The van der Waals surface area contributed by atoms with Crippen LogP contribution in [0, 0.1) is 17.8 Å². The summed E-state index contributed by atoms with van der Waals surface area (Å²) in [4.78, 5) is 15.4. The van der Waals surface area contributed by atoms with Crippen LogP contribution in [0.2, 0.25) is 5.02 Å². The average Bonchev–Trinajstić information content (AvgIpc) is 2.91. The van der Waals surface area contributed by atoms with Crippen LogP contribution in [0.1, 0.15) is 60.5 Å². The second-order valence-corrected chi connectivity index (χ2v) is 12.5. The van der Waals surface area contributed by atoms with Gasteiger partial charge >= 0.3 is 0 Å². The highest BCUT2D eigenvalue weighted by molar-refractivity contribution is 7.75. The molecule has 1 fully saturated rings. The van der Waals surface area contributed by atoms with Gasteiger partial charge in [0.1, 0.15) is 5.75 Å². The number of nitrogens with zero attached hydrogens (tertiary/aromatic N) is 2. The van der Waals surface area contributed by atoms with E-state index < -0.39 is 22.6 Å². The van der Waals surface area contributed by atoms with Gasteiger partial charge in [-0.25, -0.2) is 0 Å². The Morgan fingerprint density at radius 3 is 2.76 bits per heavy atom. The molecule has 8 heteroatoms. The zero-order valence-corrected chi connectivity index (χ0v) is 23.4. The lowest BCUT2D eigenvalue weighted by molar-refractivity contribution is 0.100. The van der Waals surface area contributed by atoms with Crippen LogP contribution in [0.4, 0.5) is 5.69 Å². The molecule has 0 aromatic heterocycles. The minimum Gasteiger partial charge on any atom is -0.491 e. The fourth-order valence-corrected chi connectivity index (χ4v) is 6.82. The van der Waals surface area contributed by atoms with Crippen LogP contribution in [-0.2, 0) is 27.8 Å². The molecule has 38 heavy (non-hydrogen) atoms. The van der Waals surface area contributed by atoms with Gasteiger partial charge in [-0.2, -0.15) is 10.6 Å². The van der Waals surface area contributed by atoms with E-state index in [0.717, 1.165) is 61.5 Å². The molecule has 2 bridgehead atoms. The summed E-state index contributed by atoms with van der Waals surface area (Å²) in [5, 5.41) is 11.3. The number of aryl methyl sites for hydroxylation is 1. The quantitative estimate of drug-likeness (QED) is 0.303. The Kier molecular flexibility index (Phi) is 8.76. The van der Waals surface area contributed by atoms with Crippen LogP contribution >= 0.6 is 11.6 Å². The van der Waals surface area contributed by atoms with Gasteiger partial charge in [0, 0.05) is 23.7 Å². The van der Waals surface area contributed by atoms with Crippen molar-refractivity contribution < 1.29 is 18.8 Å². The van der Waals surface area contributed by atoms with Gasteiger partial charge in [0.2, 0.25) is 0 Å². The zero-order chi connectivity index (χ0) is 26.6. The van der Waals surface area contributed by atoms with Gasteiger partial charge in [-0.15, -0.1) is 0 Å². The number of aliphatic hydroxyl groups is 1. The van der Waals surface area contributed by atoms with Crippen LogP contribution in [0.15, 0.2) is 52.9 Å². The molecule has 0 radical (unpaired) electrons. The van der Waals surface area contributed by atoms with Crippen molar-refractivity contribution in [1.29, 1.82) is 0 Å². The third kappa shape index (κ3) is 6.44. The Hall–Kier alpha value is -2.35. The van der Waals surface area contributed by atoms with Crippen molar-refractivity contribution in [2.75, 3.05) is 23.8 Å². The van der Waals surface area contributed by atoms with Crippen LogP contribution < -0.4 is 9.64 Å². The van der Waals surface area contributed by atoms with Crippen LogP contribution in [0.25, 0.3) is 0 Å². The summed E-state index contributed by atoms with van der Waals surface area (Å²) in [6.07, 6.45) is 9.23. The van der Waals surface area contributed by atoms with Gasteiger partial charge in [-0.3, -0.25) is 4.79 Å². The largest absolute Gasteiger partial charge is 0.491 e. The van der Waals surface area contributed by atoms with Gasteiger partial charge in [-0.1, -0.05) is 42.5 Å². The number of aliphatic hydroxyl groups excluding tert-OH is 1. The lowest BCUT2D eigenvalue weighted by Crippen LogP contribution is -2.38. The maximum Gasteiger partial charge on any atom is 0.254 e. The SMILES string of the molecule is C[C@@H]1C[S-](=O)=NC(=O)c2ccc3c(c2)N(Cc2ccc(Cl)cc2CCCCO3)C[C@@H]2CC[C@H]2C/C=C/[C@@H]1O. The van der Waals surface area contributed by atoms with Gasteiger partial charge < -0.3 is 23.3 Å². The molecule has 2 aromatic rings. The minimum absolute atomic E-state index is 0.128. The van der Waals surface area contributed by atoms with Crippen molar-refractivity contribution in [3.8, 4) is 5.75 Å². The Labute approximate surface area is 232 Å². The fraction of sp³-hybridized carbons (Fsp3) is 0.500. The first-order valence-corrected chi connectivity index (χ1v) is 15.3. The van der Waals surface area contributed by atoms with Crippen molar-refractivity contribution in [3.05, 3.63) is 70.3 Å². The summed E-state index contributed by atoms with van der Waals surface area (Å²) in [7, 11) is -1.73. The first kappa shape index (κ1) is 27.2. The minimum atomic E-state index is -1.73. The van der Waals surface area contributed by atoms with Gasteiger partial charge in [-0.05, 0) is 97.7 Å². The number of hydrogen-bond donors (Lipinski definition) is 1. The van der Waals surface area contributed by atoms with Gasteiger partial charge in [0.25, 0.3) is 5.91 Å². The van der Waals surface area contributed by atoms with E-state index >= 15 is 0 Å². The molecule has 2 heterocycles. The van der Waals surface area contributed by atoms with E-state index in [4.69, 9.17) is 16.3 Å². The monoisotopic (exact) mass is 555 g/mol. The Morgan fingerprint density at radius 2 is 1.95 bits per heavy atom. The molecule has 6 nitrogen and oxygen atoms in total. The molecular weight excluding hydrogens is 520 g/mol. The average molecular weight is 556 g/mol. The van der Waals surface area contributed by atoms with E-state index in [1.165, 1.54) is 11.1 Å². The number of hydrogen-bond acceptors (Lipinski definition) is 6. The smallest absolute Gasteiger partial charge is 0.254 e. The lowest BCUT2D eigenvalue weighted by atomic mass is 9.71. The Balaban J connectivity index is 1.58. The number of halogens is 1. The number of fused-ring (bicyclic) bond motifs is 3. The van der Waals surface area contributed by atoms with Crippen molar-refractivity contribution >= 4 is 33.8 Å². The van der Waals surface area contributed by atoms with Crippen LogP contribution in [-0.4, -0.2) is 36.0 Å². The van der Waals surface area contributed by atoms with Gasteiger partial charge in [0.15, 0.2) is 0 Å². The Morgan fingerprint density at radius 1 is 1.11 bits per heavy atom. The highest BCUT2D eigenvalue weighted by atomic mass is 35.5. The topological polar surface area (TPSA) is 79.2 Å². The predicted molar refractivity (Wildman–Crippen MR) is 152 cm³/mol. The van der Waals surface area contributed by atoms with E-state index in [1.54, 1.807) is 6.07 Å². The fourth-order valence-electron chi connectivity index (χ4n) is 5.61. The van der Waals surface area contributed by atoms with Crippen LogP contribution in [0.3, 0.4) is 0 Å². The first-order chi connectivity index (χ1) is 18.4. The molecule has 1 saturated carbocycles. The normalized spacial score (nSPS) is 28.0. The standard InChI is InChI=1S/C30H36ClN2O4S/c1-20-19-38(36)32-30(35)23-11-13-29-27(16-23)33(17-24-9-8-21(24)6-4-7-28(20)34)18-25-10-12-26(31)15-22(25)5-2-3-14-37-29/h4,7,10-13,15-16,20-21,24,28,34H,2-3,5-6,8-9,14,17-19H2,1H3/q-1/b7-4+/t20-,21-,24+,28+/m1/s1. The molecule has 2 aliphatic heterocycles. The third-order valence-corrected chi connectivity index (χ3v) is 9.56. The zero-order valence-electron chi connectivity index (χ0n) is 21.9. The highest BCUT2D eigenvalue weighted by Crippen LogP contribution is 2.41. The highest BCUT2D eigenvalue weighted by Gasteiger charge is 2.32. The number of anilines is 1.